The van der Waals surface area contributed by atoms with Gasteiger partial charge in [0.15, 0.2) is 0 Å². The summed E-state index contributed by atoms with van der Waals surface area (Å²) in [5.74, 6) is -0.438. The number of aromatic nitrogens is 3. The molecule has 0 fully saturated rings. The lowest BCUT2D eigenvalue weighted by Gasteiger charge is -2.00. The maximum Gasteiger partial charge on any atom is 0.261 e. The second-order valence-corrected chi connectivity index (χ2v) is 5.20. The van der Waals surface area contributed by atoms with Crippen LogP contribution in [-0.4, -0.2) is 27.7 Å². The van der Waals surface area contributed by atoms with Gasteiger partial charge in [0, 0.05) is 36.8 Å². The van der Waals surface area contributed by atoms with Crippen LogP contribution in [0.5, 0.6) is 0 Å². The fourth-order valence-electron chi connectivity index (χ4n) is 2.37. The maximum absolute atomic E-state index is 11.8. The average Bonchev–Trinajstić information content (AvgIpc) is 3.11. The van der Waals surface area contributed by atoms with Crippen LogP contribution in [0.2, 0.25) is 0 Å². The molecule has 1 amide bonds. The number of nitrogens with zero attached hydrogens (tertiary/aromatic N) is 4. The molecule has 0 saturated carbocycles. The van der Waals surface area contributed by atoms with E-state index in [-0.39, 0.29) is 5.57 Å². The lowest BCUT2D eigenvalue weighted by molar-refractivity contribution is -0.116. The summed E-state index contributed by atoms with van der Waals surface area (Å²) in [5, 5.41) is 16.3. The van der Waals surface area contributed by atoms with Crippen LogP contribution in [0.3, 0.4) is 0 Å². The Morgan fingerprint density at radius 3 is 2.68 bits per heavy atom. The number of carbonyl (C=O) groups excluding carboxylic acids is 1. The van der Waals surface area contributed by atoms with Gasteiger partial charge < -0.3 is 5.32 Å². The molecule has 1 N–H and O–H groups in total. The summed E-state index contributed by atoms with van der Waals surface area (Å²) in [4.78, 5) is 16.0. The van der Waals surface area contributed by atoms with Crippen molar-refractivity contribution < 1.29 is 4.79 Å². The molecular formula is C19H15N5O. The highest BCUT2D eigenvalue weighted by Gasteiger charge is 2.14. The quantitative estimate of drug-likeness (QED) is 0.589. The van der Waals surface area contributed by atoms with Crippen LogP contribution in [0.15, 0.2) is 66.6 Å². The smallest absolute Gasteiger partial charge is 0.261 e. The highest BCUT2D eigenvalue weighted by atomic mass is 16.1. The molecule has 25 heavy (non-hydrogen) atoms. The third-order valence-corrected chi connectivity index (χ3v) is 3.59. The van der Waals surface area contributed by atoms with Crippen molar-refractivity contribution in [2.24, 2.45) is 0 Å². The van der Waals surface area contributed by atoms with Crippen LogP contribution in [0.25, 0.3) is 23.0 Å². The molecule has 0 radical (unpaired) electrons. The Morgan fingerprint density at radius 1 is 1.24 bits per heavy atom. The molecule has 122 valence electrons. The van der Waals surface area contributed by atoms with E-state index >= 15 is 0 Å². The second kappa shape index (κ2) is 7.23. The van der Waals surface area contributed by atoms with Crippen LogP contribution in [0.4, 0.5) is 0 Å². The van der Waals surface area contributed by atoms with E-state index in [1.165, 1.54) is 13.1 Å². The average molecular weight is 329 g/mol. The van der Waals surface area contributed by atoms with Crippen LogP contribution in [-0.2, 0) is 4.79 Å². The Morgan fingerprint density at radius 2 is 2.04 bits per heavy atom. The summed E-state index contributed by atoms with van der Waals surface area (Å²) < 4.78 is 1.72. The largest absolute Gasteiger partial charge is 0.354 e. The highest BCUT2D eigenvalue weighted by molar-refractivity contribution is 6.02. The van der Waals surface area contributed by atoms with E-state index in [1.54, 1.807) is 23.3 Å². The van der Waals surface area contributed by atoms with Gasteiger partial charge in [0.05, 0.1) is 5.69 Å². The summed E-state index contributed by atoms with van der Waals surface area (Å²) in [6.07, 6.45) is 6.70. The van der Waals surface area contributed by atoms with Crippen LogP contribution in [0, 0.1) is 11.3 Å². The number of carbonyl (C=O) groups is 1. The third-order valence-electron chi connectivity index (χ3n) is 3.59. The highest BCUT2D eigenvalue weighted by Crippen LogP contribution is 2.25. The molecule has 0 saturated heterocycles. The van der Waals surface area contributed by atoms with Crippen LogP contribution >= 0.6 is 0 Å². The molecule has 0 bridgehead atoms. The minimum Gasteiger partial charge on any atom is -0.354 e. The third kappa shape index (κ3) is 3.46. The monoisotopic (exact) mass is 329 g/mol. The SMILES string of the molecule is CNC(=O)/C(C#N)=C/c1cn(-c2ccccc2)nc1-c1cccnc1. The standard InChI is InChI=1S/C19H15N5O/c1-21-19(25)15(11-20)10-16-13-24(17-7-3-2-4-8-17)23-18(16)14-6-5-9-22-12-14/h2-10,12-13H,1H3,(H,21,25)/b15-10+. The first-order chi connectivity index (χ1) is 12.2. The number of likely N-dealkylation sites (N-methyl/N-ethyl adjacent to an activating group) is 1. The van der Waals surface area contributed by atoms with E-state index in [4.69, 9.17) is 0 Å². The molecule has 0 atom stereocenters. The zero-order valence-electron chi connectivity index (χ0n) is 13.5. The first-order valence-corrected chi connectivity index (χ1v) is 7.62. The number of nitrogens with one attached hydrogen (secondary N) is 1. The molecule has 3 rings (SSSR count). The molecule has 2 aromatic heterocycles. The summed E-state index contributed by atoms with van der Waals surface area (Å²) in [6.45, 7) is 0. The van der Waals surface area contributed by atoms with Crippen molar-refractivity contribution in [3.63, 3.8) is 0 Å². The van der Waals surface area contributed by atoms with Gasteiger partial charge in [-0.2, -0.15) is 10.4 Å². The predicted octanol–water partition coefficient (Wildman–Crippen LogP) is 2.59. The number of rotatable bonds is 4. The van der Waals surface area contributed by atoms with E-state index in [9.17, 15) is 10.1 Å². The molecule has 1 aromatic carbocycles. The molecule has 0 aliphatic carbocycles. The van der Waals surface area contributed by atoms with Crippen molar-refractivity contribution in [3.8, 4) is 23.0 Å². The van der Waals surface area contributed by atoms with E-state index < -0.39 is 5.91 Å². The molecule has 0 aliphatic rings. The van der Waals surface area contributed by atoms with Gasteiger partial charge in [-0.25, -0.2) is 4.68 Å². The van der Waals surface area contributed by atoms with E-state index in [0.29, 0.717) is 11.3 Å². The van der Waals surface area contributed by atoms with Crippen molar-refractivity contribution in [1.29, 1.82) is 5.26 Å². The van der Waals surface area contributed by atoms with Crippen LogP contribution < -0.4 is 5.32 Å². The first-order valence-electron chi connectivity index (χ1n) is 7.62. The molecule has 0 aliphatic heterocycles. The van der Waals surface area contributed by atoms with Gasteiger partial charge >= 0.3 is 0 Å². The molecule has 0 unspecified atom stereocenters. The fourth-order valence-corrected chi connectivity index (χ4v) is 2.37. The number of para-hydroxylation sites is 1. The van der Waals surface area contributed by atoms with Gasteiger partial charge in [0.25, 0.3) is 5.91 Å². The number of pyridine rings is 1. The van der Waals surface area contributed by atoms with Gasteiger partial charge in [-0.15, -0.1) is 0 Å². The zero-order valence-corrected chi connectivity index (χ0v) is 13.5. The molecule has 0 spiro atoms. The van der Waals surface area contributed by atoms with Gasteiger partial charge in [0.1, 0.15) is 17.3 Å². The number of hydrogen-bond donors (Lipinski definition) is 1. The van der Waals surface area contributed by atoms with E-state index in [2.05, 4.69) is 15.4 Å². The Hall–Kier alpha value is -3.72. The molecule has 6 nitrogen and oxygen atoms in total. The van der Waals surface area contributed by atoms with Crippen molar-refractivity contribution in [3.05, 3.63) is 72.2 Å². The van der Waals surface area contributed by atoms with Crippen molar-refractivity contribution >= 4 is 12.0 Å². The first kappa shape index (κ1) is 16.1. The van der Waals surface area contributed by atoms with Crippen molar-refractivity contribution in [2.45, 2.75) is 0 Å². The summed E-state index contributed by atoms with van der Waals surface area (Å²) in [6, 6.07) is 15.2. The molecular weight excluding hydrogens is 314 g/mol. The lowest BCUT2D eigenvalue weighted by atomic mass is 10.1. The van der Waals surface area contributed by atoms with Crippen molar-refractivity contribution in [1.82, 2.24) is 20.1 Å². The number of benzene rings is 1. The number of amides is 1. The lowest BCUT2D eigenvalue weighted by Crippen LogP contribution is -2.19. The Balaban J connectivity index is 2.16. The number of nitriles is 1. The summed E-state index contributed by atoms with van der Waals surface area (Å²) in [7, 11) is 1.49. The minimum absolute atomic E-state index is 0.0141. The zero-order chi connectivity index (χ0) is 17.6. The molecule has 2 heterocycles. The number of hydrogen-bond acceptors (Lipinski definition) is 4. The topological polar surface area (TPSA) is 83.6 Å². The molecule has 6 heteroatoms. The summed E-state index contributed by atoms with van der Waals surface area (Å²) in [5.41, 5.74) is 3.01. The predicted molar refractivity (Wildman–Crippen MR) is 94.5 cm³/mol. The Labute approximate surface area is 145 Å². The summed E-state index contributed by atoms with van der Waals surface area (Å²) >= 11 is 0. The van der Waals surface area contributed by atoms with Gasteiger partial charge in [0.2, 0.25) is 0 Å². The fraction of sp³-hybridized carbons (Fsp3) is 0.0526. The second-order valence-electron chi connectivity index (χ2n) is 5.20. The van der Waals surface area contributed by atoms with Gasteiger partial charge in [-0.1, -0.05) is 18.2 Å². The van der Waals surface area contributed by atoms with Crippen LogP contribution in [0.1, 0.15) is 5.56 Å². The van der Waals surface area contributed by atoms with E-state index in [1.807, 2.05) is 48.5 Å². The van der Waals surface area contributed by atoms with E-state index in [0.717, 1.165) is 11.3 Å². The van der Waals surface area contributed by atoms with Crippen molar-refractivity contribution in [2.75, 3.05) is 7.05 Å². The normalized spacial score (nSPS) is 11.0. The molecule has 3 aromatic rings. The minimum atomic E-state index is -0.438. The Bertz CT molecular complexity index is 952. The Kier molecular flexibility index (Phi) is 4.67. The van der Waals surface area contributed by atoms with Gasteiger partial charge in [-0.3, -0.25) is 9.78 Å². The van der Waals surface area contributed by atoms with Gasteiger partial charge in [-0.05, 0) is 30.3 Å². The maximum atomic E-state index is 11.8.